The maximum atomic E-state index is 13.8. The van der Waals surface area contributed by atoms with Crippen LogP contribution in [0.4, 0.5) is 9.59 Å². The van der Waals surface area contributed by atoms with E-state index in [1.54, 1.807) is 0 Å². The second-order valence-electron chi connectivity index (χ2n) is 17.6. The maximum Gasteiger partial charge on any atom is 0.407 e. The van der Waals surface area contributed by atoms with Crippen LogP contribution in [0.15, 0.2) is 60.8 Å². The van der Waals surface area contributed by atoms with Crippen LogP contribution in [0.1, 0.15) is 99.4 Å². The van der Waals surface area contributed by atoms with Gasteiger partial charge in [-0.2, -0.15) is 0 Å². The molecule has 2 saturated heterocycles. The van der Waals surface area contributed by atoms with Crippen molar-refractivity contribution in [2.75, 3.05) is 27.3 Å². The molecular formula is C48H58N8O6. The summed E-state index contributed by atoms with van der Waals surface area (Å²) in [6.45, 7) is 8.87. The van der Waals surface area contributed by atoms with Gasteiger partial charge in [-0.3, -0.25) is 9.59 Å². The molecule has 2 aromatic heterocycles. The Bertz CT molecular complexity index is 2470. The molecule has 0 unspecified atom stereocenters. The quantitative estimate of drug-likeness (QED) is 0.111. The smallest absolute Gasteiger partial charge is 0.407 e. The monoisotopic (exact) mass is 842 g/mol. The number of hydrogen-bond donors (Lipinski definition) is 4. The third-order valence-electron chi connectivity index (χ3n) is 12.9. The van der Waals surface area contributed by atoms with Gasteiger partial charge >= 0.3 is 12.2 Å². The van der Waals surface area contributed by atoms with Gasteiger partial charge in [0.1, 0.15) is 23.7 Å². The van der Waals surface area contributed by atoms with Crippen molar-refractivity contribution in [1.29, 1.82) is 0 Å². The van der Waals surface area contributed by atoms with Crippen molar-refractivity contribution in [3.05, 3.63) is 94.7 Å². The van der Waals surface area contributed by atoms with Crippen LogP contribution in [0.3, 0.4) is 0 Å². The average Bonchev–Trinajstić information content (AvgIpc) is 4.11. The minimum atomic E-state index is -0.692. The van der Waals surface area contributed by atoms with E-state index in [1.165, 1.54) is 42.0 Å². The Kier molecular flexibility index (Phi) is 12.4. The Morgan fingerprint density at radius 3 is 1.79 bits per heavy atom. The van der Waals surface area contributed by atoms with E-state index in [0.29, 0.717) is 13.1 Å². The summed E-state index contributed by atoms with van der Waals surface area (Å²) in [7, 11) is 2.60. The summed E-state index contributed by atoms with van der Waals surface area (Å²) in [5.41, 5.74) is 11.1. The number of carbonyl (C=O) groups excluding carboxylic acids is 4. The van der Waals surface area contributed by atoms with E-state index in [1.807, 2.05) is 43.7 Å². The highest BCUT2D eigenvalue weighted by Crippen LogP contribution is 2.37. The molecule has 4 amide bonds. The van der Waals surface area contributed by atoms with E-state index >= 15 is 0 Å². The van der Waals surface area contributed by atoms with E-state index in [-0.39, 0.29) is 35.7 Å². The van der Waals surface area contributed by atoms with E-state index in [4.69, 9.17) is 19.4 Å². The number of alkyl carbamates (subject to hydrolysis) is 2. The summed E-state index contributed by atoms with van der Waals surface area (Å²) < 4.78 is 9.62. The molecule has 3 aromatic carbocycles. The minimum Gasteiger partial charge on any atom is -0.453 e. The van der Waals surface area contributed by atoms with Gasteiger partial charge < -0.3 is 39.9 Å². The van der Waals surface area contributed by atoms with Gasteiger partial charge in [0.05, 0.1) is 49.2 Å². The molecule has 4 aliphatic carbocycles. The fourth-order valence-corrected chi connectivity index (χ4v) is 9.45. The molecule has 14 nitrogen and oxygen atoms in total. The van der Waals surface area contributed by atoms with Gasteiger partial charge in [0.15, 0.2) is 0 Å². The van der Waals surface area contributed by atoms with Gasteiger partial charge in [-0.05, 0) is 115 Å². The summed E-state index contributed by atoms with van der Waals surface area (Å²) >= 11 is 0. The first kappa shape index (κ1) is 42.5. The van der Waals surface area contributed by atoms with E-state index in [0.717, 1.165) is 90.9 Å². The molecule has 6 aliphatic rings. The largest absolute Gasteiger partial charge is 0.453 e. The first-order valence-electron chi connectivity index (χ1n) is 22.0. The Balaban J connectivity index is 1.01. The van der Waals surface area contributed by atoms with Crippen molar-refractivity contribution in [1.82, 2.24) is 40.4 Å². The van der Waals surface area contributed by atoms with Crippen molar-refractivity contribution in [2.24, 2.45) is 11.8 Å². The summed E-state index contributed by atoms with van der Waals surface area (Å²) in [6.07, 6.45) is 7.31. The number of amides is 4. The van der Waals surface area contributed by atoms with Gasteiger partial charge in [-0.25, -0.2) is 19.6 Å². The third-order valence-corrected chi connectivity index (χ3v) is 12.9. The highest BCUT2D eigenvalue weighted by Gasteiger charge is 2.39. The summed E-state index contributed by atoms with van der Waals surface area (Å²) in [5.74, 6) is 1.04. The van der Waals surface area contributed by atoms with Gasteiger partial charge in [0.2, 0.25) is 11.8 Å². The van der Waals surface area contributed by atoms with Crippen molar-refractivity contribution in [3.63, 3.8) is 0 Å². The molecule has 4 heterocycles. The topological polar surface area (TPSA) is 175 Å². The van der Waals surface area contributed by atoms with Crippen LogP contribution in [0.25, 0.3) is 33.4 Å². The van der Waals surface area contributed by atoms with E-state index in [9.17, 15) is 19.2 Å². The number of aromatic amines is 2. The van der Waals surface area contributed by atoms with Crippen LogP contribution < -0.4 is 10.6 Å². The second-order valence-corrected chi connectivity index (χ2v) is 17.6. The van der Waals surface area contributed by atoms with Crippen molar-refractivity contribution in [3.8, 4) is 22.4 Å². The zero-order valence-corrected chi connectivity index (χ0v) is 36.5. The molecule has 2 fully saturated rings. The standard InChI is InChI=1S/C48H58N8O6/c1-27(2)41(53-47(59)61-5)45(57)55-21-7-9-39(55)43-49-26-38(52-43)35-24-30-12-16-31-15-11-29(13-17-32(35)18-14-30)23-34(31)33-19-20-36-37(25-33)51-44(50-36)40-10-8-22-56(40)46(58)42(28(3)4)54-48(60)62-6/h11,14-15,18-20,23-28,39-42H,7-10,12-13,16-17,21-22H2,1-6H3,(H,49,52)(H,50,51)(H,53,59)(H,54,60)/t39-,40-,41-,42-/m0/s1. The van der Waals surface area contributed by atoms with Gasteiger partial charge in [0.25, 0.3) is 0 Å². The fourth-order valence-electron chi connectivity index (χ4n) is 9.45. The number of likely N-dealkylation sites (tertiary alicyclic amines) is 2. The molecule has 326 valence electrons. The van der Waals surface area contributed by atoms with E-state index < -0.39 is 24.3 Å². The number of nitrogens with zero attached hydrogens (tertiary/aromatic N) is 4. The molecule has 62 heavy (non-hydrogen) atoms. The molecule has 4 bridgehead atoms. The maximum absolute atomic E-state index is 13.8. The lowest BCUT2D eigenvalue weighted by molar-refractivity contribution is -0.136. The number of hydrogen-bond acceptors (Lipinski definition) is 8. The Morgan fingerprint density at radius 2 is 1.23 bits per heavy atom. The molecule has 0 spiro atoms. The number of ether oxygens (including phenoxy) is 2. The predicted octanol–water partition coefficient (Wildman–Crippen LogP) is 7.59. The summed E-state index contributed by atoms with van der Waals surface area (Å²) in [6, 6.07) is 18.2. The van der Waals surface area contributed by atoms with E-state index in [2.05, 4.69) is 75.2 Å². The zero-order chi connectivity index (χ0) is 43.7. The molecule has 11 rings (SSSR count). The number of aromatic nitrogens is 4. The SMILES string of the molecule is COC(=O)N[C@H](C(=O)N1CCC[C@H]1c1ncc(-c2cc3ccc2CCc2ccc(c(-c4ccc5nc([C@@H]6CCCN6C(=O)[C@@H](NC(=O)OC)C(C)C)[nH]c5c4)c2)CC3)[nH]1)C(C)C. The number of benzene rings is 3. The Hall–Kier alpha value is -6.18. The normalized spacial score (nSPS) is 18.5. The summed E-state index contributed by atoms with van der Waals surface area (Å²) in [4.78, 5) is 72.4. The molecule has 2 aliphatic heterocycles. The van der Waals surface area contributed by atoms with Crippen molar-refractivity contribution >= 4 is 35.0 Å². The highest BCUT2D eigenvalue weighted by molar-refractivity contribution is 5.88. The van der Waals surface area contributed by atoms with Gasteiger partial charge in [0, 0.05) is 18.7 Å². The first-order chi connectivity index (χ1) is 29.9. The van der Waals surface area contributed by atoms with Crippen molar-refractivity contribution < 1.29 is 28.7 Å². The first-order valence-corrected chi connectivity index (χ1v) is 22.0. The van der Waals surface area contributed by atoms with Gasteiger partial charge in [-0.1, -0.05) is 64.1 Å². The number of nitrogens with one attached hydrogen (secondary N) is 4. The lowest BCUT2D eigenvalue weighted by Crippen LogP contribution is -2.51. The lowest BCUT2D eigenvalue weighted by atomic mass is 9.88. The molecule has 4 atom stereocenters. The van der Waals surface area contributed by atoms with Crippen LogP contribution in [0.5, 0.6) is 0 Å². The average molecular weight is 843 g/mol. The number of H-pyrrole nitrogens is 2. The number of rotatable bonds is 10. The molecule has 14 heteroatoms. The number of carbonyl (C=O) groups is 4. The molecule has 5 aromatic rings. The molecular weight excluding hydrogens is 785 g/mol. The third kappa shape index (κ3) is 8.64. The lowest BCUT2D eigenvalue weighted by Gasteiger charge is -2.30. The van der Waals surface area contributed by atoms with Gasteiger partial charge in [-0.15, -0.1) is 0 Å². The van der Waals surface area contributed by atoms with Crippen LogP contribution >= 0.6 is 0 Å². The predicted molar refractivity (Wildman–Crippen MR) is 236 cm³/mol. The van der Waals surface area contributed by atoms with Crippen molar-refractivity contribution in [2.45, 2.75) is 103 Å². The number of imidazole rings is 2. The minimum absolute atomic E-state index is 0.107. The number of fused-ring (bicyclic) bond motifs is 1. The Labute approximate surface area is 362 Å². The van der Waals surface area contributed by atoms with Crippen LogP contribution in [-0.4, -0.2) is 93.1 Å². The molecule has 0 radical (unpaired) electrons. The highest BCUT2D eigenvalue weighted by atomic mass is 16.5. The number of aryl methyl sites for hydroxylation is 4. The molecule has 0 saturated carbocycles. The fraction of sp³-hybridized carbons (Fsp3) is 0.458. The zero-order valence-electron chi connectivity index (χ0n) is 36.5. The number of methoxy groups -OCH3 is 2. The van der Waals surface area contributed by atoms with Crippen LogP contribution in [-0.2, 0) is 44.7 Å². The van der Waals surface area contributed by atoms with Crippen LogP contribution in [0.2, 0.25) is 0 Å². The molecule has 4 N–H and O–H groups in total. The second kappa shape index (κ2) is 18.0. The van der Waals surface area contributed by atoms with Crippen LogP contribution in [0, 0.1) is 11.8 Å². The summed E-state index contributed by atoms with van der Waals surface area (Å²) in [5, 5.41) is 5.47. The Morgan fingerprint density at radius 1 is 0.677 bits per heavy atom.